The van der Waals surface area contributed by atoms with Gasteiger partial charge in [-0.3, -0.25) is 0 Å². The summed E-state index contributed by atoms with van der Waals surface area (Å²) >= 11 is 10.1. The Bertz CT molecular complexity index is 537. The second-order valence-corrected chi connectivity index (χ2v) is 4.94. The van der Waals surface area contributed by atoms with Gasteiger partial charge in [0.1, 0.15) is 9.88 Å². The lowest BCUT2D eigenvalue weighted by atomic mass is 10.3. The van der Waals surface area contributed by atoms with Crippen molar-refractivity contribution in [3.63, 3.8) is 0 Å². The number of rotatable bonds is 3. The third-order valence-corrected chi connectivity index (χ3v) is 3.88. The predicted molar refractivity (Wildman–Crippen MR) is 66.0 cm³/mol. The maximum Gasteiger partial charge on any atom is 0.346 e. The summed E-state index contributed by atoms with van der Waals surface area (Å²) in [4.78, 5) is 11.3. The molecule has 2 heterocycles. The molecule has 0 atom stereocenters. The summed E-state index contributed by atoms with van der Waals surface area (Å²) in [6.45, 7) is 0. The van der Waals surface area contributed by atoms with Crippen LogP contribution in [-0.4, -0.2) is 20.9 Å². The molecule has 0 amide bonds. The molecule has 0 unspecified atom stereocenters. The van der Waals surface area contributed by atoms with Gasteiger partial charge in [0.05, 0.1) is 0 Å². The lowest BCUT2D eigenvalue weighted by Gasteiger charge is -1.92. The van der Waals surface area contributed by atoms with Crippen LogP contribution in [0.15, 0.2) is 18.3 Å². The van der Waals surface area contributed by atoms with Gasteiger partial charge in [0.25, 0.3) is 0 Å². The molecular formula is C9H6BrClN2O2S. The highest BCUT2D eigenvalue weighted by molar-refractivity contribution is 9.08. The third-order valence-electron chi connectivity index (χ3n) is 1.92. The van der Waals surface area contributed by atoms with Gasteiger partial charge in [-0.1, -0.05) is 27.5 Å². The molecule has 0 fully saturated rings. The van der Waals surface area contributed by atoms with Gasteiger partial charge in [0, 0.05) is 11.5 Å². The molecule has 7 heteroatoms. The third kappa shape index (κ3) is 2.14. The lowest BCUT2D eigenvalue weighted by molar-refractivity contribution is 0.0701. The van der Waals surface area contributed by atoms with Crippen molar-refractivity contribution in [2.24, 2.45) is 0 Å². The number of carbonyl (C=O) groups is 1. The summed E-state index contributed by atoms with van der Waals surface area (Å²) in [5, 5.41) is 14.6. The standard InChI is InChI=1S/C9H6BrClN2O2S/c10-4-5-3-7(16-8(5)9(14)15)13-2-1-6(11)12-13/h1-3H,4H2,(H,14,15). The van der Waals surface area contributed by atoms with Crippen LogP contribution < -0.4 is 0 Å². The molecule has 84 valence electrons. The van der Waals surface area contributed by atoms with E-state index in [4.69, 9.17) is 16.7 Å². The zero-order chi connectivity index (χ0) is 11.7. The number of carboxylic acid groups (broad SMARTS) is 1. The molecule has 0 aromatic carbocycles. The fraction of sp³-hybridized carbons (Fsp3) is 0.111. The smallest absolute Gasteiger partial charge is 0.346 e. The van der Waals surface area contributed by atoms with Crippen molar-refractivity contribution in [1.82, 2.24) is 9.78 Å². The summed E-state index contributed by atoms with van der Waals surface area (Å²) in [5.41, 5.74) is 0.735. The highest BCUT2D eigenvalue weighted by atomic mass is 79.9. The van der Waals surface area contributed by atoms with Gasteiger partial charge in [0.2, 0.25) is 0 Å². The fourth-order valence-corrected chi connectivity index (χ4v) is 2.95. The minimum absolute atomic E-state index is 0.318. The minimum Gasteiger partial charge on any atom is -0.477 e. The van der Waals surface area contributed by atoms with Gasteiger partial charge in [-0.2, -0.15) is 5.10 Å². The van der Waals surface area contributed by atoms with Crippen LogP contribution in [0.3, 0.4) is 0 Å². The number of carboxylic acids is 1. The Balaban J connectivity index is 2.47. The van der Waals surface area contributed by atoms with Crippen LogP contribution in [-0.2, 0) is 5.33 Å². The predicted octanol–water partition coefficient (Wildman–Crippen LogP) is 3.18. The van der Waals surface area contributed by atoms with E-state index in [1.165, 1.54) is 11.3 Å². The van der Waals surface area contributed by atoms with Gasteiger partial charge in [-0.05, 0) is 17.7 Å². The Labute approximate surface area is 109 Å². The second-order valence-electron chi connectivity index (χ2n) is 2.96. The van der Waals surface area contributed by atoms with Crippen LogP contribution in [0, 0.1) is 0 Å². The van der Waals surface area contributed by atoms with E-state index in [9.17, 15) is 4.79 Å². The zero-order valence-electron chi connectivity index (χ0n) is 7.85. The van der Waals surface area contributed by atoms with Crippen molar-refractivity contribution in [2.45, 2.75) is 5.33 Å². The van der Waals surface area contributed by atoms with Crippen LogP contribution in [0.4, 0.5) is 0 Å². The van der Waals surface area contributed by atoms with Gasteiger partial charge >= 0.3 is 5.97 Å². The summed E-state index contributed by atoms with van der Waals surface area (Å²) in [7, 11) is 0. The summed E-state index contributed by atoms with van der Waals surface area (Å²) in [6, 6.07) is 3.43. The maximum absolute atomic E-state index is 11.0. The Morgan fingerprint density at radius 3 is 2.88 bits per heavy atom. The van der Waals surface area contributed by atoms with Crippen molar-refractivity contribution < 1.29 is 9.90 Å². The van der Waals surface area contributed by atoms with Gasteiger partial charge in [-0.25, -0.2) is 9.48 Å². The van der Waals surface area contributed by atoms with Crippen LogP contribution in [0.5, 0.6) is 0 Å². The number of aromatic nitrogens is 2. The summed E-state index contributed by atoms with van der Waals surface area (Å²) in [6.07, 6.45) is 1.69. The molecule has 16 heavy (non-hydrogen) atoms. The average Bonchev–Trinajstić information content (AvgIpc) is 2.82. The van der Waals surface area contributed by atoms with E-state index in [2.05, 4.69) is 21.0 Å². The normalized spacial score (nSPS) is 10.6. The number of nitrogens with zero attached hydrogens (tertiary/aromatic N) is 2. The van der Waals surface area contributed by atoms with E-state index in [1.54, 1.807) is 23.0 Å². The van der Waals surface area contributed by atoms with Crippen molar-refractivity contribution in [1.29, 1.82) is 0 Å². The van der Waals surface area contributed by atoms with E-state index >= 15 is 0 Å². The van der Waals surface area contributed by atoms with Gasteiger partial charge < -0.3 is 5.11 Å². The maximum atomic E-state index is 11.0. The molecule has 0 aliphatic carbocycles. The fourth-order valence-electron chi connectivity index (χ4n) is 1.23. The number of halogens is 2. The first-order chi connectivity index (χ1) is 7.61. The van der Waals surface area contributed by atoms with E-state index in [1.807, 2.05) is 0 Å². The molecule has 4 nitrogen and oxygen atoms in total. The highest BCUT2D eigenvalue weighted by Gasteiger charge is 2.15. The van der Waals surface area contributed by atoms with E-state index in [0.29, 0.717) is 15.4 Å². The van der Waals surface area contributed by atoms with Gasteiger partial charge in [0.15, 0.2) is 5.15 Å². The largest absolute Gasteiger partial charge is 0.477 e. The Morgan fingerprint density at radius 1 is 1.69 bits per heavy atom. The summed E-state index contributed by atoms with van der Waals surface area (Å²) < 4.78 is 1.56. The molecule has 0 saturated carbocycles. The lowest BCUT2D eigenvalue weighted by Crippen LogP contribution is -1.94. The first kappa shape index (κ1) is 11.6. The van der Waals surface area contributed by atoms with E-state index in [-0.39, 0.29) is 0 Å². The molecule has 2 aromatic rings. The highest BCUT2D eigenvalue weighted by Crippen LogP contribution is 2.27. The first-order valence-corrected chi connectivity index (χ1v) is 6.57. The molecule has 2 aromatic heterocycles. The van der Waals surface area contributed by atoms with Crippen molar-refractivity contribution in [2.75, 3.05) is 0 Å². The van der Waals surface area contributed by atoms with Crippen molar-refractivity contribution in [3.8, 4) is 5.00 Å². The molecule has 0 saturated heterocycles. The first-order valence-electron chi connectivity index (χ1n) is 4.25. The van der Waals surface area contributed by atoms with Crippen molar-refractivity contribution in [3.05, 3.63) is 33.9 Å². The topological polar surface area (TPSA) is 55.1 Å². The van der Waals surface area contributed by atoms with Gasteiger partial charge in [-0.15, -0.1) is 11.3 Å². The Morgan fingerprint density at radius 2 is 2.44 bits per heavy atom. The van der Waals surface area contributed by atoms with E-state index in [0.717, 1.165) is 10.6 Å². The number of alkyl halides is 1. The number of aromatic carboxylic acids is 1. The van der Waals surface area contributed by atoms with E-state index < -0.39 is 5.97 Å². The Hall–Kier alpha value is -0.850. The average molecular weight is 322 g/mol. The van der Waals surface area contributed by atoms with Crippen molar-refractivity contribution >= 4 is 44.8 Å². The van der Waals surface area contributed by atoms with Crippen LogP contribution in [0.1, 0.15) is 15.2 Å². The number of hydrogen-bond acceptors (Lipinski definition) is 3. The monoisotopic (exact) mass is 320 g/mol. The molecular weight excluding hydrogens is 316 g/mol. The molecule has 1 N–H and O–H groups in total. The number of hydrogen-bond donors (Lipinski definition) is 1. The molecule has 0 bridgehead atoms. The molecule has 0 radical (unpaired) electrons. The quantitative estimate of drug-likeness (QED) is 0.883. The molecule has 0 aliphatic rings. The van der Waals surface area contributed by atoms with Crippen LogP contribution >= 0.6 is 38.9 Å². The SMILES string of the molecule is O=C(O)c1sc(-n2ccc(Cl)n2)cc1CBr. The van der Waals surface area contributed by atoms with Crippen LogP contribution in [0.25, 0.3) is 5.00 Å². The molecule has 2 rings (SSSR count). The number of thiophene rings is 1. The molecule has 0 aliphatic heterocycles. The second kappa shape index (κ2) is 4.57. The Kier molecular flexibility index (Phi) is 3.32. The zero-order valence-corrected chi connectivity index (χ0v) is 11.0. The summed E-state index contributed by atoms with van der Waals surface area (Å²) in [5.74, 6) is -0.927. The van der Waals surface area contributed by atoms with Crippen LogP contribution in [0.2, 0.25) is 5.15 Å². The minimum atomic E-state index is -0.927. The molecule has 0 spiro atoms.